The van der Waals surface area contributed by atoms with Crippen molar-refractivity contribution < 1.29 is 27.8 Å². The number of amides is 1. The first-order chi connectivity index (χ1) is 18.1. The second kappa shape index (κ2) is 11.4. The number of aromatic nitrogens is 1. The van der Waals surface area contributed by atoms with E-state index in [4.69, 9.17) is 4.74 Å². The van der Waals surface area contributed by atoms with Crippen molar-refractivity contribution in [1.82, 2.24) is 10.3 Å². The normalized spacial score (nSPS) is 12.2. The summed E-state index contributed by atoms with van der Waals surface area (Å²) in [5.41, 5.74) is 2.33. The Morgan fingerprint density at radius 3 is 2.39 bits per heavy atom. The summed E-state index contributed by atoms with van der Waals surface area (Å²) in [7, 11) is 0. The minimum atomic E-state index is -4.42. The minimum absolute atomic E-state index is 0.189. The predicted molar refractivity (Wildman–Crippen MR) is 140 cm³/mol. The number of benzene rings is 3. The molecule has 0 aliphatic rings. The van der Waals surface area contributed by atoms with Crippen LogP contribution in [0.2, 0.25) is 0 Å². The third-order valence-corrected chi connectivity index (χ3v) is 5.85. The Morgan fingerprint density at radius 1 is 1.03 bits per heavy atom. The largest absolute Gasteiger partial charge is 0.490 e. The van der Waals surface area contributed by atoms with E-state index in [2.05, 4.69) is 22.1 Å². The van der Waals surface area contributed by atoms with E-state index in [0.29, 0.717) is 23.3 Å². The molecule has 0 spiro atoms. The Kier molecular flexibility index (Phi) is 8.08. The van der Waals surface area contributed by atoms with Crippen molar-refractivity contribution in [3.8, 4) is 17.6 Å². The molecule has 38 heavy (non-hydrogen) atoms. The quantitative estimate of drug-likeness (QED) is 0.274. The maximum atomic E-state index is 13.3. The summed E-state index contributed by atoms with van der Waals surface area (Å²) in [6.07, 6.45) is -2.32. The molecule has 0 bridgehead atoms. The highest BCUT2D eigenvalue weighted by atomic mass is 19.4. The van der Waals surface area contributed by atoms with Gasteiger partial charge in [0.05, 0.1) is 29.9 Å². The van der Waals surface area contributed by atoms with Crippen molar-refractivity contribution in [3.63, 3.8) is 0 Å². The molecular formula is C30H27F3N2O3. The molecule has 1 heterocycles. The monoisotopic (exact) mass is 520 g/mol. The van der Waals surface area contributed by atoms with Gasteiger partial charge in [0.25, 0.3) is 5.91 Å². The Hall–Kier alpha value is -4.22. The Morgan fingerprint density at radius 2 is 1.71 bits per heavy atom. The van der Waals surface area contributed by atoms with Gasteiger partial charge in [0.1, 0.15) is 5.75 Å². The number of fused-ring (bicyclic) bond motifs is 1. The smallest absolute Gasteiger partial charge is 0.416 e. The summed E-state index contributed by atoms with van der Waals surface area (Å²) in [5, 5.41) is 13.9. The Bertz CT molecular complexity index is 1480. The molecule has 0 radical (unpaired) electrons. The van der Waals surface area contributed by atoms with Gasteiger partial charge in [-0.15, -0.1) is 0 Å². The number of halogens is 3. The highest BCUT2D eigenvalue weighted by Gasteiger charge is 2.29. The van der Waals surface area contributed by atoms with Crippen LogP contribution in [0.1, 0.15) is 46.5 Å². The first kappa shape index (κ1) is 26.8. The van der Waals surface area contributed by atoms with Crippen LogP contribution >= 0.6 is 0 Å². The number of aromatic amines is 1. The zero-order chi connectivity index (χ0) is 27.3. The van der Waals surface area contributed by atoms with Crippen LogP contribution in [0.4, 0.5) is 13.2 Å². The van der Waals surface area contributed by atoms with E-state index in [1.54, 1.807) is 18.2 Å². The number of H-pyrrole nitrogens is 1. The number of rotatable bonds is 7. The van der Waals surface area contributed by atoms with E-state index in [-0.39, 0.29) is 18.3 Å². The maximum absolute atomic E-state index is 13.3. The molecule has 196 valence electrons. The minimum Gasteiger partial charge on any atom is -0.490 e. The Labute approximate surface area is 218 Å². The van der Waals surface area contributed by atoms with Crippen molar-refractivity contribution >= 4 is 16.8 Å². The van der Waals surface area contributed by atoms with Crippen molar-refractivity contribution in [2.45, 2.75) is 38.6 Å². The molecule has 5 nitrogen and oxygen atoms in total. The zero-order valence-electron chi connectivity index (χ0n) is 20.9. The standard InChI is InChI=1S/C30H27F3N2O3/c1-19(2)38-28-14-11-21(8-7-20-9-12-23(13-10-20)30(31,32)33)15-26(28)29(37)35-24(18-36)16-22-17-34-27-6-4-3-5-25(22)27/h3-6,9-15,17,19,24,34,36H,16,18H2,1-2H3,(H,35,37)/t24-/m1/s1. The van der Waals surface area contributed by atoms with Gasteiger partial charge in [-0.1, -0.05) is 30.0 Å². The summed E-state index contributed by atoms with van der Waals surface area (Å²) in [5.74, 6) is 5.66. The molecule has 4 rings (SSSR count). The molecule has 8 heteroatoms. The molecule has 0 saturated heterocycles. The maximum Gasteiger partial charge on any atom is 0.416 e. The number of nitrogens with one attached hydrogen (secondary N) is 2. The molecule has 1 aromatic heterocycles. The highest BCUT2D eigenvalue weighted by molar-refractivity contribution is 5.97. The third kappa shape index (κ3) is 6.55. The van der Waals surface area contributed by atoms with Gasteiger partial charge in [-0.3, -0.25) is 4.79 Å². The molecule has 3 aromatic carbocycles. The van der Waals surface area contributed by atoms with Crippen molar-refractivity contribution in [2.75, 3.05) is 6.61 Å². The van der Waals surface area contributed by atoms with Crippen LogP contribution in [0.25, 0.3) is 10.9 Å². The summed E-state index contributed by atoms with van der Waals surface area (Å²) < 4.78 is 44.2. The van der Waals surface area contributed by atoms with Gasteiger partial charge < -0.3 is 20.1 Å². The van der Waals surface area contributed by atoms with Crippen LogP contribution < -0.4 is 10.1 Å². The van der Waals surface area contributed by atoms with Crippen LogP contribution in [0.5, 0.6) is 5.75 Å². The van der Waals surface area contributed by atoms with Gasteiger partial charge in [0.2, 0.25) is 0 Å². The molecule has 0 unspecified atom stereocenters. The van der Waals surface area contributed by atoms with E-state index >= 15 is 0 Å². The van der Waals surface area contributed by atoms with Crippen LogP contribution in [-0.2, 0) is 12.6 Å². The number of aliphatic hydroxyl groups is 1. The average molecular weight is 521 g/mol. The van der Waals surface area contributed by atoms with E-state index in [0.717, 1.165) is 28.6 Å². The van der Waals surface area contributed by atoms with E-state index < -0.39 is 23.7 Å². The van der Waals surface area contributed by atoms with Gasteiger partial charge in [0.15, 0.2) is 0 Å². The van der Waals surface area contributed by atoms with Gasteiger partial charge in [-0.2, -0.15) is 13.2 Å². The summed E-state index contributed by atoms with van der Waals surface area (Å²) >= 11 is 0. The second-order valence-electron chi connectivity index (χ2n) is 9.12. The highest BCUT2D eigenvalue weighted by Crippen LogP contribution is 2.29. The number of para-hydroxylation sites is 1. The molecule has 0 fully saturated rings. The number of carbonyl (C=O) groups is 1. The number of aliphatic hydroxyl groups excluding tert-OH is 1. The molecule has 1 atom stereocenters. The van der Waals surface area contributed by atoms with Gasteiger partial charge in [-0.25, -0.2) is 0 Å². The molecule has 3 N–H and O–H groups in total. The number of alkyl halides is 3. The van der Waals surface area contributed by atoms with Crippen LogP contribution in [-0.4, -0.2) is 34.8 Å². The lowest BCUT2D eigenvalue weighted by atomic mass is 10.0. The van der Waals surface area contributed by atoms with Crippen molar-refractivity contribution in [1.29, 1.82) is 0 Å². The molecule has 0 aliphatic heterocycles. The average Bonchev–Trinajstić information content (AvgIpc) is 3.29. The fourth-order valence-electron chi connectivity index (χ4n) is 4.02. The summed E-state index contributed by atoms with van der Waals surface area (Å²) in [6.45, 7) is 3.42. The van der Waals surface area contributed by atoms with Crippen molar-refractivity contribution in [3.05, 3.63) is 101 Å². The molecule has 4 aromatic rings. The molecule has 0 aliphatic carbocycles. The lowest BCUT2D eigenvalue weighted by Gasteiger charge is -2.19. The van der Waals surface area contributed by atoms with Crippen LogP contribution in [0.3, 0.4) is 0 Å². The Balaban J connectivity index is 1.56. The van der Waals surface area contributed by atoms with E-state index in [1.165, 1.54) is 12.1 Å². The first-order valence-corrected chi connectivity index (χ1v) is 12.1. The second-order valence-corrected chi connectivity index (χ2v) is 9.12. The number of ether oxygens (including phenoxy) is 1. The van der Waals surface area contributed by atoms with E-state index in [1.807, 2.05) is 44.3 Å². The lowest BCUT2D eigenvalue weighted by Crippen LogP contribution is -2.39. The molecule has 0 saturated carbocycles. The topological polar surface area (TPSA) is 74.3 Å². The fourth-order valence-corrected chi connectivity index (χ4v) is 4.02. The third-order valence-electron chi connectivity index (χ3n) is 5.85. The first-order valence-electron chi connectivity index (χ1n) is 12.1. The van der Waals surface area contributed by atoms with E-state index in [9.17, 15) is 23.1 Å². The fraction of sp³-hybridized carbons (Fsp3) is 0.233. The van der Waals surface area contributed by atoms with Crippen LogP contribution in [0, 0.1) is 11.8 Å². The summed E-state index contributed by atoms with van der Waals surface area (Å²) in [4.78, 5) is 16.5. The summed E-state index contributed by atoms with van der Waals surface area (Å²) in [6, 6.07) is 16.7. The van der Waals surface area contributed by atoms with Crippen LogP contribution in [0.15, 0.2) is 72.9 Å². The zero-order valence-corrected chi connectivity index (χ0v) is 20.9. The SMILES string of the molecule is CC(C)Oc1ccc(C#Cc2ccc(C(F)(F)F)cc2)cc1C(=O)N[C@@H](CO)Cc1c[nH]c2ccccc12. The molecular weight excluding hydrogens is 493 g/mol. The van der Waals surface area contributed by atoms with Crippen molar-refractivity contribution in [2.24, 2.45) is 0 Å². The predicted octanol–water partition coefficient (Wildman–Crippen LogP) is 5.71. The molecule has 1 amide bonds. The van der Waals surface area contributed by atoms with Gasteiger partial charge in [-0.05, 0) is 74.4 Å². The number of hydrogen-bond donors (Lipinski definition) is 3. The lowest BCUT2D eigenvalue weighted by molar-refractivity contribution is -0.137. The number of hydrogen-bond acceptors (Lipinski definition) is 3. The van der Waals surface area contributed by atoms with Gasteiger partial charge in [0, 0.05) is 28.2 Å². The number of carbonyl (C=O) groups excluding carboxylic acids is 1. The van der Waals surface area contributed by atoms with Gasteiger partial charge >= 0.3 is 6.18 Å².